The molecule has 6 nitrogen and oxygen atoms in total. The number of hydrogen-bond acceptors (Lipinski definition) is 5. The van der Waals surface area contributed by atoms with Crippen LogP contribution in [0.3, 0.4) is 0 Å². The van der Waals surface area contributed by atoms with Crippen LogP contribution in [0.1, 0.15) is 29.5 Å². The van der Waals surface area contributed by atoms with E-state index in [0.717, 1.165) is 23.0 Å². The number of amides is 1. The SMILES string of the molecule is O=C(NCc1ccc(COc2ccccc2C(F)(F)F)cc1)[C@@H]1CCCN1S(=O)(=O)c1ccc(Cl)s1. The summed E-state index contributed by atoms with van der Waals surface area (Å²) in [5.74, 6) is -0.642. The molecule has 0 radical (unpaired) electrons. The first-order valence-corrected chi connectivity index (χ1v) is 13.6. The Morgan fingerprint density at radius 2 is 1.78 bits per heavy atom. The third-order valence-corrected chi connectivity index (χ3v) is 9.30. The van der Waals surface area contributed by atoms with Gasteiger partial charge >= 0.3 is 6.18 Å². The van der Waals surface area contributed by atoms with E-state index in [1.54, 1.807) is 24.3 Å². The molecule has 0 bridgehead atoms. The van der Waals surface area contributed by atoms with Crippen LogP contribution < -0.4 is 10.1 Å². The van der Waals surface area contributed by atoms with Crippen LogP contribution in [0.5, 0.6) is 5.75 Å². The number of alkyl halides is 3. The molecule has 1 aliphatic heterocycles. The molecule has 2 heterocycles. The van der Waals surface area contributed by atoms with Crippen molar-refractivity contribution in [2.24, 2.45) is 0 Å². The number of thiophene rings is 1. The van der Waals surface area contributed by atoms with Gasteiger partial charge in [-0.05, 0) is 48.2 Å². The van der Waals surface area contributed by atoms with E-state index in [0.29, 0.717) is 22.7 Å². The normalized spacial score (nSPS) is 16.7. The Morgan fingerprint density at radius 3 is 2.44 bits per heavy atom. The molecule has 0 saturated carbocycles. The topological polar surface area (TPSA) is 75.7 Å². The maximum atomic E-state index is 13.1. The zero-order chi connectivity index (χ0) is 25.9. The van der Waals surface area contributed by atoms with Crippen LogP contribution in [0.2, 0.25) is 4.34 Å². The average molecular weight is 559 g/mol. The Kier molecular flexibility index (Phi) is 7.93. The lowest BCUT2D eigenvalue weighted by Crippen LogP contribution is -2.45. The average Bonchev–Trinajstić information content (AvgIpc) is 3.52. The van der Waals surface area contributed by atoms with Gasteiger partial charge in [-0.3, -0.25) is 4.79 Å². The first-order valence-electron chi connectivity index (χ1n) is 11.0. The molecule has 3 aromatic rings. The summed E-state index contributed by atoms with van der Waals surface area (Å²) in [4.78, 5) is 12.8. The molecular formula is C24H22ClF3N2O4S2. The van der Waals surface area contributed by atoms with Gasteiger partial charge in [-0.1, -0.05) is 48.0 Å². The molecule has 1 aromatic heterocycles. The van der Waals surface area contributed by atoms with Crippen molar-refractivity contribution in [1.29, 1.82) is 0 Å². The Hall–Kier alpha value is -2.60. The number of ether oxygens (including phenoxy) is 1. The molecule has 36 heavy (non-hydrogen) atoms. The third-order valence-electron chi connectivity index (χ3n) is 5.69. The Labute approximate surface area is 215 Å². The van der Waals surface area contributed by atoms with Gasteiger partial charge in [-0.25, -0.2) is 8.42 Å². The van der Waals surface area contributed by atoms with E-state index < -0.39 is 33.7 Å². The summed E-state index contributed by atoms with van der Waals surface area (Å²) in [6, 6.07) is 14.0. The highest BCUT2D eigenvalue weighted by atomic mass is 35.5. The van der Waals surface area contributed by atoms with Gasteiger partial charge in [0.05, 0.1) is 9.90 Å². The fraction of sp³-hybridized carbons (Fsp3) is 0.292. The highest BCUT2D eigenvalue weighted by Crippen LogP contribution is 2.36. The number of halogens is 4. The first-order chi connectivity index (χ1) is 17.1. The van der Waals surface area contributed by atoms with Crippen molar-refractivity contribution in [1.82, 2.24) is 9.62 Å². The van der Waals surface area contributed by atoms with Gasteiger partial charge in [0, 0.05) is 13.1 Å². The zero-order valence-corrected chi connectivity index (χ0v) is 21.2. The quantitative estimate of drug-likeness (QED) is 0.398. The summed E-state index contributed by atoms with van der Waals surface area (Å²) in [6.45, 7) is 0.371. The second-order valence-corrected chi connectivity index (χ2v) is 12.0. The summed E-state index contributed by atoms with van der Waals surface area (Å²) in [7, 11) is -3.82. The number of hydrogen-bond donors (Lipinski definition) is 1. The number of benzene rings is 2. The number of rotatable bonds is 8. The number of nitrogens with zero attached hydrogens (tertiary/aromatic N) is 1. The van der Waals surface area contributed by atoms with E-state index >= 15 is 0 Å². The number of nitrogens with one attached hydrogen (secondary N) is 1. The van der Waals surface area contributed by atoms with E-state index in [4.69, 9.17) is 16.3 Å². The van der Waals surface area contributed by atoms with Crippen LogP contribution in [0, 0.1) is 0 Å². The van der Waals surface area contributed by atoms with Crippen molar-refractivity contribution in [2.75, 3.05) is 6.54 Å². The summed E-state index contributed by atoms with van der Waals surface area (Å²) in [6.07, 6.45) is -3.52. The lowest BCUT2D eigenvalue weighted by atomic mass is 10.1. The van der Waals surface area contributed by atoms with E-state index in [1.165, 1.54) is 34.6 Å². The standard InChI is InChI=1S/C24H22ClF3N2O4S2/c25-21-11-12-22(35-21)36(32,33)30-13-3-5-19(30)23(31)29-14-16-7-9-17(10-8-16)15-34-20-6-2-1-4-18(20)24(26,27)28/h1-2,4,6-12,19H,3,5,13-15H2,(H,29,31)/t19-/m0/s1. The first kappa shape index (κ1) is 26.5. The second kappa shape index (κ2) is 10.8. The molecule has 0 unspecified atom stereocenters. The second-order valence-electron chi connectivity index (χ2n) is 8.15. The minimum absolute atomic E-state index is 0.0542. The van der Waals surface area contributed by atoms with Crippen LogP contribution in [0.4, 0.5) is 13.2 Å². The highest BCUT2D eigenvalue weighted by molar-refractivity contribution is 7.91. The molecule has 0 spiro atoms. The summed E-state index contributed by atoms with van der Waals surface area (Å²) in [5.41, 5.74) is 0.569. The lowest BCUT2D eigenvalue weighted by Gasteiger charge is -2.22. The lowest BCUT2D eigenvalue weighted by molar-refractivity contribution is -0.139. The van der Waals surface area contributed by atoms with Gasteiger partial charge in [0.15, 0.2) is 0 Å². The summed E-state index contributed by atoms with van der Waals surface area (Å²) in [5, 5.41) is 2.78. The number of carbonyl (C=O) groups is 1. The van der Waals surface area contributed by atoms with Gasteiger partial charge in [0.25, 0.3) is 10.0 Å². The van der Waals surface area contributed by atoms with E-state index in [-0.39, 0.29) is 29.7 Å². The van der Waals surface area contributed by atoms with Crippen LogP contribution in [-0.4, -0.2) is 31.2 Å². The smallest absolute Gasteiger partial charge is 0.419 e. The summed E-state index contributed by atoms with van der Waals surface area (Å²) >= 11 is 6.83. The van der Waals surface area contributed by atoms with Crippen LogP contribution in [0.25, 0.3) is 0 Å². The molecular weight excluding hydrogens is 537 g/mol. The number of para-hydroxylation sites is 1. The Bertz CT molecular complexity index is 1330. The van der Waals surface area contributed by atoms with E-state index in [2.05, 4.69) is 5.32 Å². The predicted octanol–water partition coefficient (Wildman–Crippen LogP) is 5.47. The van der Waals surface area contributed by atoms with Crippen molar-refractivity contribution in [3.8, 4) is 5.75 Å². The van der Waals surface area contributed by atoms with Gasteiger partial charge in [-0.2, -0.15) is 17.5 Å². The van der Waals surface area contributed by atoms with Gasteiger partial charge in [0.1, 0.15) is 22.6 Å². The van der Waals surface area contributed by atoms with Gasteiger partial charge in [0.2, 0.25) is 5.91 Å². The molecule has 1 atom stereocenters. The van der Waals surface area contributed by atoms with E-state index in [1.807, 2.05) is 0 Å². The Morgan fingerprint density at radius 1 is 1.08 bits per heavy atom. The molecule has 1 saturated heterocycles. The molecule has 1 fully saturated rings. The highest BCUT2D eigenvalue weighted by Gasteiger charge is 2.40. The molecule has 1 N–H and O–H groups in total. The largest absolute Gasteiger partial charge is 0.488 e. The maximum absolute atomic E-state index is 13.1. The predicted molar refractivity (Wildman–Crippen MR) is 130 cm³/mol. The fourth-order valence-electron chi connectivity index (χ4n) is 3.89. The van der Waals surface area contributed by atoms with E-state index in [9.17, 15) is 26.4 Å². The Balaban J connectivity index is 1.33. The van der Waals surface area contributed by atoms with Crippen molar-refractivity contribution in [3.63, 3.8) is 0 Å². The fourth-order valence-corrected chi connectivity index (χ4v) is 7.16. The zero-order valence-electron chi connectivity index (χ0n) is 18.8. The molecule has 4 rings (SSSR count). The van der Waals surface area contributed by atoms with Crippen molar-refractivity contribution < 1.29 is 31.1 Å². The molecule has 12 heteroatoms. The maximum Gasteiger partial charge on any atom is 0.419 e. The summed E-state index contributed by atoms with van der Waals surface area (Å²) < 4.78 is 72.2. The minimum Gasteiger partial charge on any atom is -0.488 e. The number of carbonyl (C=O) groups excluding carboxylic acids is 1. The molecule has 192 valence electrons. The van der Waals surface area contributed by atoms with Gasteiger partial charge in [-0.15, -0.1) is 11.3 Å². The van der Waals surface area contributed by atoms with Crippen LogP contribution in [0.15, 0.2) is 64.9 Å². The van der Waals surface area contributed by atoms with Crippen molar-refractivity contribution in [2.45, 2.75) is 42.4 Å². The minimum atomic E-state index is -4.51. The molecule has 2 aromatic carbocycles. The molecule has 0 aliphatic carbocycles. The third kappa shape index (κ3) is 6.03. The van der Waals surface area contributed by atoms with Crippen molar-refractivity contribution >= 4 is 38.9 Å². The van der Waals surface area contributed by atoms with Crippen LogP contribution >= 0.6 is 22.9 Å². The van der Waals surface area contributed by atoms with Crippen molar-refractivity contribution in [3.05, 3.63) is 81.7 Å². The number of sulfonamides is 1. The molecule has 1 aliphatic rings. The van der Waals surface area contributed by atoms with Gasteiger partial charge < -0.3 is 10.1 Å². The van der Waals surface area contributed by atoms with Crippen LogP contribution in [-0.2, 0) is 34.1 Å². The monoisotopic (exact) mass is 558 g/mol. The molecule has 1 amide bonds.